The van der Waals surface area contributed by atoms with Crippen LogP contribution in [0, 0.1) is 0 Å². The first-order valence-corrected chi connectivity index (χ1v) is 10.8. The molecule has 5 rings (SSSR count). The normalized spacial score (nSPS) is 11.3. The molecule has 0 fully saturated rings. The molecule has 0 aliphatic carbocycles. The van der Waals surface area contributed by atoms with Crippen molar-refractivity contribution in [1.82, 2.24) is 14.8 Å². The van der Waals surface area contributed by atoms with E-state index in [0.717, 1.165) is 16.7 Å². The van der Waals surface area contributed by atoms with Gasteiger partial charge in [0.25, 0.3) is 0 Å². The van der Waals surface area contributed by atoms with E-state index in [4.69, 9.17) is 5.10 Å². The molecule has 2 heterocycles. The molecule has 0 spiro atoms. The molecule has 3 aromatic carbocycles. The molecule has 5 nitrogen and oxygen atoms in total. The number of benzene rings is 3. The number of aromatic nitrogens is 3. The maximum absolute atomic E-state index is 10.2. The second-order valence-corrected chi connectivity index (χ2v) is 7.77. The molecule has 2 aromatic heterocycles. The van der Waals surface area contributed by atoms with Gasteiger partial charge < -0.3 is 10.0 Å². The van der Waals surface area contributed by atoms with Crippen molar-refractivity contribution in [2.45, 2.75) is 5.54 Å². The molecule has 2 N–H and O–H groups in total. The molecular weight excluding hydrogens is 409 g/mol. The van der Waals surface area contributed by atoms with Crippen LogP contribution in [-0.2, 0) is 5.54 Å². The first kappa shape index (κ1) is 20.9. The van der Waals surface area contributed by atoms with Gasteiger partial charge in [-0.1, -0.05) is 97.1 Å². The van der Waals surface area contributed by atoms with Crippen LogP contribution in [0.2, 0.25) is 0 Å². The summed E-state index contributed by atoms with van der Waals surface area (Å²) in [7, 11) is -1.70. The maximum atomic E-state index is 10.2. The molecule has 5 aromatic rings. The van der Waals surface area contributed by atoms with Crippen LogP contribution in [-0.4, -0.2) is 31.9 Å². The second kappa shape index (κ2) is 8.86. The summed E-state index contributed by atoms with van der Waals surface area (Å²) >= 11 is 0. The van der Waals surface area contributed by atoms with Crippen LogP contribution in [0.5, 0.6) is 0 Å². The Labute approximate surface area is 192 Å². The first-order valence-electron chi connectivity index (χ1n) is 10.8. The van der Waals surface area contributed by atoms with Gasteiger partial charge >= 0.3 is 7.12 Å². The van der Waals surface area contributed by atoms with Crippen molar-refractivity contribution in [2.24, 2.45) is 0 Å². The van der Waals surface area contributed by atoms with Gasteiger partial charge in [-0.15, -0.1) is 0 Å². The fraction of sp³-hybridized carbons (Fsp3) is 0.0370. The van der Waals surface area contributed by atoms with Crippen molar-refractivity contribution in [3.63, 3.8) is 0 Å². The summed E-state index contributed by atoms with van der Waals surface area (Å²) in [4.78, 5) is 4.41. The third kappa shape index (κ3) is 3.65. The van der Waals surface area contributed by atoms with Crippen molar-refractivity contribution in [3.05, 3.63) is 138 Å². The van der Waals surface area contributed by atoms with E-state index < -0.39 is 12.7 Å². The monoisotopic (exact) mass is 431 g/mol. The van der Waals surface area contributed by atoms with Gasteiger partial charge in [0.1, 0.15) is 11.2 Å². The maximum Gasteiger partial charge on any atom is 0.492 e. The minimum Gasteiger partial charge on any atom is -0.423 e. The largest absolute Gasteiger partial charge is 0.492 e. The van der Waals surface area contributed by atoms with E-state index in [-0.39, 0.29) is 0 Å². The number of nitrogens with zero attached hydrogens (tertiary/aromatic N) is 3. The van der Waals surface area contributed by atoms with E-state index in [1.54, 1.807) is 12.4 Å². The van der Waals surface area contributed by atoms with Crippen molar-refractivity contribution in [3.8, 4) is 11.4 Å². The Morgan fingerprint density at radius 1 is 0.636 bits per heavy atom. The molecule has 33 heavy (non-hydrogen) atoms. The van der Waals surface area contributed by atoms with Gasteiger partial charge in [-0.05, 0) is 28.8 Å². The van der Waals surface area contributed by atoms with Crippen LogP contribution in [0.4, 0.5) is 0 Å². The summed E-state index contributed by atoms with van der Waals surface area (Å²) in [5.74, 6) is 0. The van der Waals surface area contributed by atoms with Gasteiger partial charge in [0.15, 0.2) is 0 Å². The third-order valence-electron chi connectivity index (χ3n) is 5.85. The van der Waals surface area contributed by atoms with E-state index in [2.05, 4.69) is 41.4 Å². The highest BCUT2D eigenvalue weighted by Crippen LogP contribution is 2.40. The Kier molecular flexibility index (Phi) is 5.61. The Bertz CT molecular complexity index is 1230. The lowest BCUT2D eigenvalue weighted by Crippen LogP contribution is -2.39. The Hall–Kier alpha value is -4.00. The highest BCUT2D eigenvalue weighted by Gasteiger charge is 2.40. The topological polar surface area (TPSA) is 71.2 Å². The number of hydrogen-bond acceptors (Lipinski definition) is 4. The van der Waals surface area contributed by atoms with Gasteiger partial charge in [0, 0.05) is 17.9 Å². The van der Waals surface area contributed by atoms with Crippen molar-refractivity contribution in [1.29, 1.82) is 0 Å². The third-order valence-corrected chi connectivity index (χ3v) is 5.85. The summed E-state index contributed by atoms with van der Waals surface area (Å²) in [5, 5.41) is 25.4. The summed E-state index contributed by atoms with van der Waals surface area (Å²) in [5.41, 5.74) is 3.44. The zero-order chi connectivity index (χ0) is 22.7. The van der Waals surface area contributed by atoms with Crippen LogP contribution < -0.4 is 5.46 Å². The van der Waals surface area contributed by atoms with E-state index in [9.17, 15) is 10.0 Å². The predicted molar refractivity (Wildman–Crippen MR) is 130 cm³/mol. The molecule has 0 aliphatic rings. The van der Waals surface area contributed by atoms with Gasteiger partial charge in [0.05, 0.1) is 5.69 Å². The summed E-state index contributed by atoms with van der Waals surface area (Å²) in [6.45, 7) is 0. The highest BCUT2D eigenvalue weighted by atomic mass is 16.4. The fourth-order valence-electron chi connectivity index (χ4n) is 4.38. The Morgan fingerprint density at radius 3 is 1.55 bits per heavy atom. The smallest absolute Gasteiger partial charge is 0.423 e. The van der Waals surface area contributed by atoms with Gasteiger partial charge in [-0.2, -0.15) is 5.10 Å². The van der Waals surface area contributed by atoms with Gasteiger partial charge in [0.2, 0.25) is 0 Å². The van der Waals surface area contributed by atoms with E-state index in [0.29, 0.717) is 16.9 Å². The van der Waals surface area contributed by atoms with Gasteiger partial charge in [-0.3, -0.25) is 9.67 Å². The molecule has 160 valence electrons. The van der Waals surface area contributed by atoms with Crippen LogP contribution in [0.3, 0.4) is 0 Å². The lowest BCUT2D eigenvalue weighted by molar-refractivity contribution is 0.425. The molecule has 6 heteroatoms. The molecule has 0 aliphatic heterocycles. The number of pyridine rings is 1. The van der Waals surface area contributed by atoms with E-state index >= 15 is 0 Å². The molecule has 0 bridgehead atoms. The molecular formula is C27H22BN3O2. The summed E-state index contributed by atoms with van der Waals surface area (Å²) < 4.78 is 1.83. The van der Waals surface area contributed by atoms with Crippen molar-refractivity contribution in [2.75, 3.05) is 0 Å². The molecule has 0 amide bonds. The Balaban J connectivity index is 1.88. The SMILES string of the molecule is OB(O)c1cn(C(c2ccccc2)(c2ccccc2)c2ccccc2)nc1-c1ccccn1. The van der Waals surface area contributed by atoms with E-state index in [1.807, 2.05) is 77.5 Å². The number of rotatable bonds is 6. The molecule has 0 saturated heterocycles. The minimum atomic E-state index is -1.70. The average molecular weight is 431 g/mol. The Morgan fingerprint density at radius 2 is 1.12 bits per heavy atom. The van der Waals surface area contributed by atoms with Crippen molar-refractivity contribution >= 4 is 12.6 Å². The van der Waals surface area contributed by atoms with E-state index in [1.165, 1.54) is 0 Å². The molecule has 0 radical (unpaired) electrons. The first-order chi connectivity index (χ1) is 16.2. The highest BCUT2D eigenvalue weighted by molar-refractivity contribution is 6.60. The van der Waals surface area contributed by atoms with Crippen molar-refractivity contribution < 1.29 is 10.0 Å². The summed E-state index contributed by atoms with van der Waals surface area (Å²) in [6, 6.07) is 35.8. The van der Waals surface area contributed by atoms with Crippen LogP contribution in [0.25, 0.3) is 11.4 Å². The lowest BCUT2D eigenvalue weighted by Gasteiger charge is -2.36. The lowest BCUT2D eigenvalue weighted by atomic mass is 9.76. The van der Waals surface area contributed by atoms with Gasteiger partial charge in [-0.25, -0.2) is 0 Å². The second-order valence-electron chi connectivity index (χ2n) is 7.77. The molecule has 0 unspecified atom stereocenters. The quantitative estimate of drug-likeness (QED) is 0.319. The fourth-order valence-corrected chi connectivity index (χ4v) is 4.38. The predicted octanol–water partition coefficient (Wildman–Crippen LogP) is 3.47. The number of hydrogen-bond donors (Lipinski definition) is 2. The molecule has 0 atom stereocenters. The zero-order valence-electron chi connectivity index (χ0n) is 17.9. The van der Waals surface area contributed by atoms with Crippen LogP contribution in [0.1, 0.15) is 16.7 Å². The summed E-state index contributed by atoms with van der Waals surface area (Å²) in [6.07, 6.45) is 3.38. The zero-order valence-corrected chi connectivity index (χ0v) is 17.9. The standard InChI is InChI=1S/C27H22BN3O2/c32-28(33)24-20-31(30-26(24)25-18-10-11-19-29-25)27(21-12-4-1-5-13-21,22-14-6-2-7-15-22)23-16-8-3-9-17-23/h1-20,32-33H. The molecule has 0 saturated carbocycles. The van der Waals surface area contributed by atoms with Crippen LogP contribution in [0.15, 0.2) is 122 Å². The van der Waals surface area contributed by atoms with Crippen LogP contribution >= 0.6 is 0 Å². The minimum absolute atomic E-state index is 0.292. The average Bonchev–Trinajstić information content (AvgIpc) is 3.33.